The molecular formula is C14H17N5O2. The molecule has 1 N–H and O–H groups in total. The molecule has 0 aliphatic heterocycles. The fourth-order valence-corrected chi connectivity index (χ4v) is 1.64. The van der Waals surface area contributed by atoms with Gasteiger partial charge in [0.2, 0.25) is 5.95 Å². The number of carbonyl (C=O) groups excluding carboxylic acids is 1. The first-order valence-electron chi connectivity index (χ1n) is 6.62. The van der Waals surface area contributed by atoms with Gasteiger partial charge in [0.1, 0.15) is 0 Å². The lowest BCUT2D eigenvalue weighted by Gasteiger charge is -2.08. The van der Waals surface area contributed by atoms with Crippen LogP contribution in [0.1, 0.15) is 34.4 Å². The summed E-state index contributed by atoms with van der Waals surface area (Å²) in [6.45, 7) is 6.16. The van der Waals surface area contributed by atoms with Crippen LogP contribution < -0.4 is 5.32 Å². The topological polar surface area (TPSA) is 89.9 Å². The first kappa shape index (κ1) is 14.8. The highest BCUT2D eigenvalue weighted by Gasteiger charge is 2.12. The molecule has 0 fully saturated rings. The molecule has 0 aromatic carbocycles. The SMILES string of the molecule is CCOC(=O)c1cnc(NCc2cnc(C)cn2)nc1C. The number of aryl methyl sites for hydroxylation is 2. The summed E-state index contributed by atoms with van der Waals surface area (Å²) >= 11 is 0. The third kappa shape index (κ3) is 3.95. The Bertz CT molecular complexity index is 628. The summed E-state index contributed by atoms with van der Waals surface area (Å²) in [6.07, 6.45) is 4.86. The van der Waals surface area contributed by atoms with Gasteiger partial charge in [-0.3, -0.25) is 9.97 Å². The minimum atomic E-state index is -0.411. The van der Waals surface area contributed by atoms with Crippen molar-refractivity contribution in [1.29, 1.82) is 0 Å². The average Bonchev–Trinajstić information content (AvgIpc) is 2.47. The normalized spacial score (nSPS) is 10.2. The number of nitrogens with zero attached hydrogens (tertiary/aromatic N) is 4. The van der Waals surface area contributed by atoms with Crippen LogP contribution in [0.4, 0.5) is 5.95 Å². The Kier molecular flexibility index (Phi) is 4.76. The summed E-state index contributed by atoms with van der Waals surface area (Å²) in [6, 6.07) is 0. The van der Waals surface area contributed by atoms with Crippen LogP contribution in [0.3, 0.4) is 0 Å². The van der Waals surface area contributed by atoms with E-state index in [0.29, 0.717) is 30.4 Å². The maximum atomic E-state index is 11.6. The Hall–Kier alpha value is -2.57. The molecule has 0 radical (unpaired) electrons. The highest BCUT2D eigenvalue weighted by Crippen LogP contribution is 2.09. The maximum Gasteiger partial charge on any atom is 0.341 e. The molecule has 2 aromatic heterocycles. The van der Waals surface area contributed by atoms with Crippen molar-refractivity contribution in [3.05, 3.63) is 41.2 Å². The van der Waals surface area contributed by atoms with Crippen molar-refractivity contribution in [3.8, 4) is 0 Å². The minimum absolute atomic E-state index is 0.324. The Balaban J connectivity index is 2.03. The van der Waals surface area contributed by atoms with Gasteiger partial charge < -0.3 is 10.1 Å². The first-order valence-corrected chi connectivity index (χ1v) is 6.62. The average molecular weight is 287 g/mol. The zero-order valence-electron chi connectivity index (χ0n) is 12.3. The molecule has 0 bridgehead atoms. The van der Waals surface area contributed by atoms with Gasteiger partial charge >= 0.3 is 5.97 Å². The fourth-order valence-electron chi connectivity index (χ4n) is 1.64. The summed E-state index contributed by atoms with van der Waals surface area (Å²) in [4.78, 5) is 28.4. The predicted molar refractivity (Wildman–Crippen MR) is 76.8 cm³/mol. The van der Waals surface area contributed by atoms with E-state index in [9.17, 15) is 4.79 Å². The Morgan fingerprint density at radius 3 is 2.62 bits per heavy atom. The van der Waals surface area contributed by atoms with Crippen LogP contribution in [0.25, 0.3) is 0 Å². The molecule has 0 unspecified atom stereocenters. The second-order valence-electron chi connectivity index (χ2n) is 4.42. The van der Waals surface area contributed by atoms with Gasteiger partial charge in [-0.05, 0) is 20.8 Å². The molecule has 0 atom stereocenters. The molecule has 7 nitrogen and oxygen atoms in total. The Morgan fingerprint density at radius 2 is 2.00 bits per heavy atom. The van der Waals surface area contributed by atoms with E-state index >= 15 is 0 Å². The lowest BCUT2D eigenvalue weighted by atomic mass is 10.2. The number of nitrogens with one attached hydrogen (secondary N) is 1. The van der Waals surface area contributed by atoms with Gasteiger partial charge in [-0.15, -0.1) is 0 Å². The number of esters is 1. The standard InChI is InChI=1S/C14H17N5O2/c1-4-21-13(20)12-8-18-14(19-10(12)3)17-7-11-6-15-9(2)5-16-11/h5-6,8H,4,7H2,1-3H3,(H,17,18,19). The van der Waals surface area contributed by atoms with Crippen LogP contribution in [-0.2, 0) is 11.3 Å². The largest absolute Gasteiger partial charge is 0.462 e. The van der Waals surface area contributed by atoms with Crippen LogP contribution in [0.5, 0.6) is 0 Å². The van der Waals surface area contributed by atoms with E-state index in [0.717, 1.165) is 11.4 Å². The van der Waals surface area contributed by atoms with E-state index in [2.05, 4.69) is 25.3 Å². The summed E-state index contributed by atoms with van der Waals surface area (Å²) in [5, 5.41) is 3.04. The second-order valence-corrected chi connectivity index (χ2v) is 4.42. The molecule has 2 aromatic rings. The van der Waals surface area contributed by atoms with Crippen molar-refractivity contribution in [2.75, 3.05) is 11.9 Å². The van der Waals surface area contributed by atoms with E-state index < -0.39 is 5.97 Å². The molecule has 0 saturated heterocycles. The summed E-state index contributed by atoms with van der Waals surface area (Å²) in [7, 11) is 0. The van der Waals surface area contributed by atoms with Crippen LogP contribution in [0.15, 0.2) is 18.6 Å². The Labute approximate surface area is 122 Å². The lowest BCUT2D eigenvalue weighted by Crippen LogP contribution is -2.11. The van der Waals surface area contributed by atoms with Crippen LogP contribution in [0.2, 0.25) is 0 Å². The zero-order valence-corrected chi connectivity index (χ0v) is 12.3. The quantitative estimate of drug-likeness (QED) is 0.836. The zero-order chi connectivity index (χ0) is 15.2. The molecule has 0 aliphatic rings. The highest BCUT2D eigenvalue weighted by molar-refractivity contribution is 5.90. The van der Waals surface area contributed by atoms with Crippen molar-refractivity contribution < 1.29 is 9.53 Å². The molecule has 0 aliphatic carbocycles. The van der Waals surface area contributed by atoms with Gasteiger partial charge in [0, 0.05) is 12.4 Å². The fraction of sp³-hybridized carbons (Fsp3) is 0.357. The van der Waals surface area contributed by atoms with Crippen LogP contribution in [-0.4, -0.2) is 32.5 Å². The second kappa shape index (κ2) is 6.74. The van der Waals surface area contributed by atoms with Gasteiger partial charge in [-0.1, -0.05) is 0 Å². The lowest BCUT2D eigenvalue weighted by molar-refractivity contribution is 0.0524. The Morgan fingerprint density at radius 1 is 1.19 bits per heavy atom. The summed E-state index contributed by atoms with van der Waals surface area (Å²) in [5.74, 6) is 0.0221. The number of hydrogen-bond acceptors (Lipinski definition) is 7. The van der Waals surface area contributed by atoms with Crippen molar-refractivity contribution in [2.45, 2.75) is 27.3 Å². The van der Waals surface area contributed by atoms with E-state index in [1.165, 1.54) is 6.20 Å². The molecule has 7 heteroatoms. The number of rotatable bonds is 5. The third-order valence-corrected chi connectivity index (χ3v) is 2.74. The number of carbonyl (C=O) groups is 1. The van der Waals surface area contributed by atoms with Gasteiger partial charge in [-0.25, -0.2) is 14.8 Å². The molecule has 0 spiro atoms. The van der Waals surface area contributed by atoms with E-state index in [4.69, 9.17) is 4.74 Å². The molecule has 0 saturated carbocycles. The third-order valence-electron chi connectivity index (χ3n) is 2.74. The number of ether oxygens (including phenoxy) is 1. The highest BCUT2D eigenvalue weighted by atomic mass is 16.5. The van der Waals surface area contributed by atoms with Gasteiger partial charge in [0.15, 0.2) is 0 Å². The minimum Gasteiger partial charge on any atom is -0.462 e. The molecular weight excluding hydrogens is 270 g/mol. The van der Waals surface area contributed by atoms with Crippen molar-refractivity contribution in [2.24, 2.45) is 0 Å². The molecule has 21 heavy (non-hydrogen) atoms. The van der Waals surface area contributed by atoms with Crippen LogP contribution in [0, 0.1) is 13.8 Å². The van der Waals surface area contributed by atoms with Crippen LogP contribution >= 0.6 is 0 Å². The predicted octanol–water partition coefficient (Wildman–Crippen LogP) is 1.67. The summed E-state index contributed by atoms with van der Waals surface area (Å²) < 4.78 is 4.93. The number of anilines is 1. The van der Waals surface area contributed by atoms with E-state index in [1.54, 1.807) is 26.2 Å². The molecule has 110 valence electrons. The molecule has 2 rings (SSSR count). The maximum absolute atomic E-state index is 11.6. The molecule has 0 amide bonds. The van der Waals surface area contributed by atoms with Gasteiger partial charge in [0.25, 0.3) is 0 Å². The van der Waals surface area contributed by atoms with Gasteiger partial charge in [0.05, 0.1) is 42.0 Å². The number of aromatic nitrogens is 4. The molecule has 2 heterocycles. The van der Waals surface area contributed by atoms with Crippen molar-refractivity contribution in [3.63, 3.8) is 0 Å². The first-order chi connectivity index (χ1) is 10.1. The van der Waals surface area contributed by atoms with Gasteiger partial charge in [-0.2, -0.15) is 0 Å². The smallest absolute Gasteiger partial charge is 0.341 e. The van der Waals surface area contributed by atoms with Crippen molar-refractivity contribution in [1.82, 2.24) is 19.9 Å². The number of hydrogen-bond donors (Lipinski definition) is 1. The van der Waals surface area contributed by atoms with Crippen molar-refractivity contribution >= 4 is 11.9 Å². The van der Waals surface area contributed by atoms with E-state index in [1.807, 2.05) is 6.92 Å². The monoisotopic (exact) mass is 287 g/mol. The summed E-state index contributed by atoms with van der Waals surface area (Å²) in [5.41, 5.74) is 2.60. The van der Waals surface area contributed by atoms with E-state index in [-0.39, 0.29) is 0 Å².